The molecule has 0 aliphatic rings. The number of aliphatic imine (C=N–C) groups is 1. The summed E-state index contributed by atoms with van der Waals surface area (Å²) in [5.41, 5.74) is 3.42. The fraction of sp³-hybridized carbons (Fsp3) is 0.286. The Morgan fingerprint density at radius 3 is 2.39 bits per heavy atom. The third kappa shape index (κ3) is 2.76. The van der Waals surface area contributed by atoms with Crippen LogP contribution in [0.1, 0.15) is 10.7 Å². The van der Waals surface area contributed by atoms with Crippen molar-refractivity contribution in [1.82, 2.24) is 0 Å². The number of nitrogens with zero attached hydrogens (tertiary/aromatic N) is 3. The van der Waals surface area contributed by atoms with Crippen molar-refractivity contribution in [2.45, 2.75) is 6.92 Å². The summed E-state index contributed by atoms with van der Waals surface area (Å²) in [5.74, 6) is 0. The van der Waals surface area contributed by atoms with E-state index in [1.54, 1.807) is 11.3 Å². The summed E-state index contributed by atoms with van der Waals surface area (Å²) in [7, 11) is 6.13. The molecule has 18 heavy (non-hydrogen) atoms. The lowest BCUT2D eigenvalue weighted by molar-refractivity contribution is -0.673. The SMILES string of the molecule is Cc1csc(C=Nc2ccc(N(C)C)cc2)[n+]1C. The van der Waals surface area contributed by atoms with Crippen molar-refractivity contribution in [3.63, 3.8) is 0 Å². The summed E-state index contributed by atoms with van der Waals surface area (Å²) in [6.45, 7) is 2.10. The van der Waals surface area contributed by atoms with Gasteiger partial charge in [0.25, 0.3) is 5.01 Å². The predicted octanol–water partition coefficient (Wildman–Crippen LogP) is 2.70. The van der Waals surface area contributed by atoms with Crippen LogP contribution >= 0.6 is 11.3 Å². The molecule has 0 bridgehead atoms. The lowest BCUT2D eigenvalue weighted by atomic mass is 10.3. The molecule has 2 rings (SSSR count). The molecular formula is C14H18N3S+. The van der Waals surface area contributed by atoms with E-state index in [-0.39, 0.29) is 0 Å². The molecule has 1 heterocycles. The van der Waals surface area contributed by atoms with Gasteiger partial charge in [-0.1, -0.05) is 11.3 Å². The zero-order valence-corrected chi connectivity index (χ0v) is 12.0. The van der Waals surface area contributed by atoms with E-state index in [0.717, 1.165) is 10.7 Å². The van der Waals surface area contributed by atoms with E-state index in [4.69, 9.17) is 0 Å². The Balaban J connectivity index is 2.16. The number of aryl methyl sites for hydroxylation is 1. The van der Waals surface area contributed by atoms with E-state index < -0.39 is 0 Å². The summed E-state index contributed by atoms with van der Waals surface area (Å²) in [6, 6.07) is 8.22. The van der Waals surface area contributed by atoms with Crippen LogP contribution in [0.5, 0.6) is 0 Å². The molecular weight excluding hydrogens is 242 g/mol. The van der Waals surface area contributed by atoms with Gasteiger partial charge in [-0.3, -0.25) is 0 Å². The predicted molar refractivity (Wildman–Crippen MR) is 78.3 cm³/mol. The highest BCUT2D eigenvalue weighted by Gasteiger charge is 2.09. The van der Waals surface area contributed by atoms with Crippen molar-refractivity contribution in [2.75, 3.05) is 19.0 Å². The van der Waals surface area contributed by atoms with Crippen LogP contribution in [-0.4, -0.2) is 20.3 Å². The fourth-order valence-electron chi connectivity index (χ4n) is 1.56. The van der Waals surface area contributed by atoms with Gasteiger partial charge in [0.1, 0.15) is 13.3 Å². The average molecular weight is 260 g/mol. The van der Waals surface area contributed by atoms with Crippen molar-refractivity contribution >= 4 is 28.9 Å². The Labute approximate surface area is 112 Å². The van der Waals surface area contributed by atoms with Gasteiger partial charge >= 0.3 is 0 Å². The minimum atomic E-state index is 0.978. The molecule has 94 valence electrons. The highest BCUT2D eigenvalue weighted by atomic mass is 32.1. The standard InChI is InChI=1S/C14H18N3S/c1-11-10-18-14(17(11)4)9-15-12-5-7-13(8-6-12)16(2)3/h5-10H,1-4H3/q+1. The number of rotatable bonds is 3. The Hall–Kier alpha value is -1.68. The van der Waals surface area contributed by atoms with Crippen LogP contribution in [-0.2, 0) is 7.05 Å². The van der Waals surface area contributed by atoms with Crippen LogP contribution in [0.15, 0.2) is 34.6 Å². The summed E-state index contributed by atoms with van der Waals surface area (Å²) in [5, 5.41) is 3.29. The Morgan fingerprint density at radius 2 is 1.89 bits per heavy atom. The molecule has 0 spiro atoms. The summed E-state index contributed by atoms with van der Waals surface area (Å²) in [4.78, 5) is 6.58. The lowest BCUT2D eigenvalue weighted by Gasteiger charge is -2.11. The second-order valence-corrected chi connectivity index (χ2v) is 5.33. The first-order chi connectivity index (χ1) is 8.58. The molecule has 1 aromatic heterocycles. The molecule has 0 saturated heterocycles. The zero-order chi connectivity index (χ0) is 13.1. The highest BCUT2D eigenvalue weighted by Crippen LogP contribution is 2.18. The van der Waals surface area contributed by atoms with Crippen molar-refractivity contribution in [3.8, 4) is 0 Å². The number of hydrogen-bond donors (Lipinski definition) is 0. The summed E-state index contributed by atoms with van der Waals surface area (Å²) >= 11 is 1.71. The molecule has 0 N–H and O–H groups in total. The van der Waals surface area contributed by atoms with Crippen LogP contribution in [0.3, 0.4) is 0 Å². The van der Waals surface area contributed by atoms with E-state index in [9.17, 15) is 0 Å². The van der Waals surface area contributed by atoms with E-state index in [2.05, 4.69) is 45.9 Å². The van der Waals surface area contributed by atoms with Gasteiger partial charge in [-0.2, -0.15) is 4.57 Å². The van der Waals surface area contributed by atoms with Gasteiger partial charge < -0.3 is 4.90 Å². The van der Waals surface area contributed by atoms with E-state index in [1.165, 1.54) is 11.4 Å². The molecule has 0 aliphatic carbocycles. The number of aromatic nitrogens is 1. The normalized spacial score (nSPS) is 11.1. The highest BCUT2D eigenvalue weighted by molar-refractivity contribution is 7.11. The van der Waals surface area contributed by atoms with Gasteiger partial charge in [0, 0.05) is 26.7 Å². The fourth-order valence-corrected chi connectivity index (χ4v) is 2.43. The first-order valence-electron chi connectivity index (χ1n) is 5.83. The number of thiazole rings is 1. The Bertz CT molecular complexity index is 553. The van der Waals surface area contributed by atoms with Crippen LogP contribution < -0.4 is 9.47 Å². The van der Waals surface area contributed by atoms with Gasteiger partial charge in [-0.15, -0.1) is 0 Å². The first-order valence-corrected chi connectivity index (χ1v) is 6.71. The van der Waals surface area contributed by atoms with Gasteiger partial charge in [0.2, 0.25) is 0 Å². The first kappa shape index (κ1) is 12.8. The quantitative estimate of drug-likeness (QED) is 0.613. The minimum Gasteiger partial charge on any atom is -0.378 e. The van der Waals surface area contributed by atoms with Gasteiger partial charge in [0.05, 0.1) is 11.1 Å². The van der Waals surface area contributed by atoms with Crippen LogP contribution in [0.2, 0.25) is 0 Å². The monoisotopic (exact) mass is 260 g/mol. The number of anilines is 1. The second kappa shape index (κ2) is 5.31. The maximum Gasteiger partial charge on any atom is 0.280 e. The average Bonchev–Trinajstić information content (AvgIpc) is 2.68. The third-order valence-corrected chi connectivity index (χ3v) is 3.98. The molecule has 0 fully saturated rings. The molecule has 0 radical (unpaired) electrons. The lowest BCUT2D eigenvalue weighted by Crippen LogP contribution is -2.32. The largest absolute Gasteiger partial charge is 0.378 e. The van der Waals surface area contributed by atoms with E-state index in [1.807, 2.05) is 32.4 Å². The minimum absolute atomic E-state index is 0.978. The zero-order valence-electron chi connectivity index (χ0n) is 11.2. The molecule has 3 nitrogen and oxygen atoms in total. The van der Waals surface area contributed by atoms with Gasteiger partial charge in [-0.25, -0.2) is 4.99 Å². The van der Waals surface area contributed by atoms with E-state index >= 15 is 0 Å². The molecule has 0 saturated carbocycles. The molecule has 0 aliphatic heterocycles. The molecule has 0 amide bonds. The topological polar surface area (TPSA) is 19.5 Å². The van der Waals surface area contributed by atoms with Gasteiger partial charge in [0.15, 0.2) is 5.69 Å². The molecule has 2 aromatic rings. The molecule has 1 aromatic carbocycles. The molecule has 0 unspecified atom stereocenters. The molecule has 0 atom stereocenters. The summed E-state index contributed by atoms with van der Waals surface area (Å²) in [6.07, 6.45) is 1.92. The van der Waals surface area contributed by atoms with Crippen molar-refractivity contribution in [1.29, 1.82) is 0 Å². The summed E-state index contributed by atoms with van der Waals surface area (Å²) < 4.78 is 2.14. The van der Waals surface area contributed by atoms with Crippen LogP contribution in [0.25, 0.3) is 0 Å². The number of hydrogen-bond acceptors (Lipinski definition) is 3. The number of benzene rings is 1. The Morgan fingerprint density at radius 1 is 1.22 bits per heavy atom. The van der Waals surface area contributed by atoms with E-state index in [0.29, 0.717) is 0 Å². The van der Waals surface area contributed by atoms with Crippen molar-refractivity contribution < 1.29 is 4.57 Å². The maximum absolute atomic E-state index is 4.50. The molecule has 4 heteroatoms. The smallest absolute Gasteiger partial charge is 0.280 e. The Kier molecular flexibility index (Phi) is 3.77. The third-order valence-electron chi connectivity index (χ3n) is 2.90. The van der Waals surface area contributed by atoms with Gasteiger partial charge in [-0.05, 0) is 24.3 Å². The van der Waals surface area contributed by atoms with Crippen LogP contribution in [0.4, 0.5) is 11.4 Å². The maximum atomic E-state index is 4.50. The van der Waals surface area contributed by atoms with Crippen LogP contribution in [0, 0.1) is 6.92 Å². The van der Waals surface area contributed by atoms with Crippen molar-refractivity contribution in [2.24, 2.45) is 12.0 Å². The van der Waals surface area contributed by atoms with Crippen molar-refractivity contribution in [3.05, 3.63) is 40.3 Å². The second-order valence-electron chi connectivity index (χ2n) is 4.44.